The summed E-state index contributed by atoms with van der Waals surface area (Å²) < 4.78 is 1.48. The highest BCUT2D eigenvalue weighted by Crippen LogP contribution is 2.14. The lowest BCUT2D eigenvalue weighted by Gasteiger charge is -1.95. The SMILES string of the molecule is Cc1cn(CCCCC(=O)O)nc1[N+](=O)[O-]. The van der Waals surface area contributed by atoms with Gasteiger partial charge in [-0.2, -0.15) is 4.68 Å². The Bertz CT molecular complexity index is 399. The Labute approximate surface area is 91.8 Å². The molecule has 0 saturated carbocycles. The summed E-state index contributed by atoms with van der Waals surface area (Å²) in [6.45, 7) is 2.13. The summed E-state index contributed by atoms with van der Waals surface area (Å²) in [5.74, 6) is -0.971. The largest absolute Gasteiger partial charge is 0.481 e. The molecule has 0 bridgehead atoms. The van der Waals surface area contributed by atoms with Crippen molar-refractivity contribution in [2.75, 3.05) is 0 Å². The van der Waals surface area contributed by atoms with Crippen LogP contribution in [0.2, 0.25) is 0 Å². The molecule has 1 N–H and O–H groups in total. The van der Waals surface area contributed by atoms with Crippen LogP contribution in [0, 0.1) is 17.0 Å². The number of rotatable bonds is 6. The highest BCUT2D eigenvalue weighted by Gasteiger charge is 2.16. The fourth-order valence-electron chi connectivity index (χ4n) is 1.36. The van der Waals surface area contributed by atoms with Crippen LogP contribution >= 0.6 is 0 Å². The van der Waals surface area contributed by atoms with E-state index in [9.17, 15) is 14.9 Å². The number of carboxylic acid groups (broad SMARTS) is 1. The molecule has 0 saturated heterocycles. The fourth-order valence-corrected chi connectivity index (χ4v) is 1.36. The first-order chi connectivity index (χ1) is 7.50. The predicted molar refractivity (Wildman–Crippen MR) is 55.1 cm³/mol. The minimum atomic E-state index is -0.831. The summed E-state index contributed by atoms with van der Waals surface area (Å²) in [6.07, 6.45) is 2.90. The van der Waals surface area contributed by atoms with Gasteiger partial charge < -0.3 is 15.2 Å². The second-order valence-electron chi connectivity index (χ2n) is 3.51. The van der Waals surface area contributed by atoms with E-state index in [2.05, 4.69) is 5.10 Å². The van der Waals surface area contributed by atoms with Crippen LogP contribution in [0.1, 0.15) is 24.8 Å². The lowest BCUT2D eigenvalue weighted by molar-refractivity contribution is -0.390. The summed E-state index contributed by atoms with van der Waals surface area (Å²) in [4.78, 5) is 20.2. The van der Waals surface area contributed by atoms with Crippen LogP contribution in [0.5, 0.6) is 0 Å². The Balaban J connectivity index is 2.46. The van der Waals surface area contributed by atoms with Crippen molar-refractivity contribution >= 4 is 11.8 Å². The van der Waals surface area contributed by atoms with Crippen LogP contribution in [0.15, 0.2) is 6.20 Å². The second kappa shape index (κ2) is 5.24. The van der Waals surface area contributed by atoms with E-state index in [-0.39, 0.29) is 12.2 Å². The first-order valence-electron chi connectivity index (χ1n) is 4.91. The summed E-state index contributed by atoms with van der Waals surface area (Å²) in [5.41, 5.74) is 0.517. The minimum absolute atomic E-state index is 0.113. The van der Waals surface area contributed by atoms with Gasteiger partial charge in [0, 0.05) is 6.42 Å². The molecule has 0 atom stereocenters. The van der Waals surface area contributed by atoms with Crippen molar-refractivity contribution in [3.05, 3.63) is 21.9 Å². The van der Waals surface area contributed by atoms with Gasteiger partial charge in [-0.15, -0.1) is 0 Å². The third kappa shape index (κ3) is 3.34. The van der Waals surface area contributed by atoms with Gasteiger partial charge in [0.1, 0.15) is 0 Å². The zero-order valence-electron chi connectivity index (χ0n) is 8.92. The number of unbranched alkanes of at least 4 members (excludes halogenated alkanes) is 1. The second-order valence-corrected chi connectivity index (χ2v) is 3.51. The number of aliphatic carboxylic acids is 1. The van der Waals surface area contributed by atoms with E-state index < -0.39 is 10.9 Å². The first kappa shape index (κ1) is 12.2. The third-order valence-corrected chi connectivity index (χ3v) is 2.12. The van der Waals surface area contributed by atoms with Gasteiger partial charge >= 0.3 is 11.8 Å². The van der Waals surface area contributed by atoms with E-state index in [1.165, 1.54) is 4.68 Å². The Morgan fingerprint density at radius 2 is 2.31 bits per heavy atom. The van der Waals surface area contributed by atoms with E-state index in [0.717, 1.165) is 0 Å². The van der Waals surface area contributed by atoms with Crippen LogP contribution in [0.25, 0.3) is 0 Å². The monoisotopic (exact) mass is 227 g/mol. The molecule has 1 aromatic rings. The molecule has 0 aromatic carbocycles. The number of carbonyl (C=O) groups is 1. The number of aryl methyl sites for hydroxylation is 2. The molecule has 0 aliphatic rings. The molecule has 0 spiro atoms. The van der Waals surface area contributed by atoms with Gasteiger partial charge in [-0.3, -0.25) is 4.79 Å². The highest BCUT2D eigenvalue weighted by atomic mass is 16.6. The van der Waals surface area contributed by atoms with Gasteiger partial charge in [-0.05, 0) is 24.7 Å². The summed E-state index contributed by atoms with van der Waals surface area (Å²) in [6, 6.07) is 0. The molecule has 1 aromatic heterocycles. The van der Waals surface area contributed by atoms with Crippen molar-refractivity contribution in [2.24, 2.45) is 0 Å². The molecule has 16 heavy (non-hydrogen) atoms. The maximum Gasteiger partial charge on any atom is 0.392 e. The lowest BCUT2D eigenvalue weighted by Crippen LogP contribution is -2.01. The number of nitro groups is 1. The average Bonchev–Trinajstić information content (AvgIpc) is 2.54. The quantitative estimate of drug-likeness (QED) is 0.449. The Kier molecular flexibility index (Phi) is 3.98. The van der Waals surface area contributed by atoms with E-state index >= 15 is 0 Å². The lowest BCUT2D eigenvalue weighted by atomic mass is 10.2. The van der Waals surface area contributed by atoms with E-state index in [1.54, 1.807) is 13.1 Å². The molecule has 7 nitrogen and oxygen atoms in total. The maximum atomic E-state index is 10.5. The summed E-state index contributed by atoms with van der Waals surface area (Å²) >= 11 is 0. The van der Waals surface area contributed by atoms with Crippen molar-refractivity contribution in [3.63, 3.8) is 0 Å². The van der Waals surface area contributed by atoms with Crippen LogP contribution in [-0.4, -0.2) is 25.8 Å². The number of hydrogen-bond donors (Lipinski definition) is 1. The normalized spacial score (nSPS) is 10.3. The summed E-state index contributed by atoms with van der Waals surface area (Å²) in [7, 11) is 0. The first-order valence-corrected chi connectivity index (χ1v) is 4.91. The van der Waals surface area contributed by atoms with Crippen molar-refractivity contribution in [2.45, 2.75) is 32.7 Å². The van der Waals surface area contributed by atoms with E-state index in [1.807, 2.05) is 0 Å². The fraction of sp³-hybridized carbons (Fsp3) is 0.556. The zero-order chi connectivity index (χ0) is 12.1. The molecule has 0 aliphatic heterocycles. The van der Waals surface area contributed by atoms with Gasteiger partial charge in [0.25, 0.3) is 0 Å². The molecular formula is C9H13N3O4. The molecular weight excluding hydrogens is 214 g/mol. The molecule has 88 valence electrons. The molecule has 0 unspecified atom stereocenters. The maximum absolute atomic E-state index is 10.5. The van der Waals surface area contributed by atoms with Gasteiger partial charge in [0.15, 0.2) is 0 Å². The van der Waals surface area contributed by atoms with E-state index in [4.69, 9.17) is 5.11 Å². The summed E-state index contributed by atoms with van der Waals surface area (Å²) in [5, 5.41) is 22.7. The van der Waals surface area contributed by atoms with Crippen molar-refractivity contribution in [3.8, 4) is 0 Å². The van der Waals surface area contributed by atoms with Crippen LogP contribution in [0.4, 0.5) is 5.82 Å². The van der Waals surface area contributed by atoms with Crippen LogP contribution in [0.3, 0.4) is 0 Å². The molecule has 1 rings (SSSR count). The number of carboxylic acids is 1. The standard InChI is InChI=1S/C9H13N3O4/c1-7-6-11(10-9(7)12(15)16)5-3-2-4-8(13)14/h6H,2-5H2,1H3,(H,13,14). The molecule has 7 heteroatoms. The van der Waals surface area contributed by atoms with Crippen molar-refractivity contribution < 1.29 is 14.8 Å². The van der Waals surface area contributed by atoms with Crippen LogP contribution < -0.4 is 0 Å². The van der Waals surface area contributed by atoms with Crippen LogP contribution in [-0.2, 0) is 11.3 Å². The van der Waals surface area contributed by atoms with Gasteiger partial charge in [-0.25, -0.2) is 0 Å². The molecule has 0 fully saturated rings. The van der Waals surface area contributed by atoms with E-state index in [0.29, 0.717) is 24.9 Å². The van der Waals surface area contributed by atoms with Crippen molar-refractivity contribution in [1.82, 2.24) is 9.78 Å². The number of aromatic nitrogens is 2. The Hall–Kier alpha value is -1.92. The molecule has 1 heterocycles. The average molecular weight is 227 g/mol. The molecule has 0 radical (unpaired) electrons. The Morgan fingerprint density at radius 1 is 1.62 bits per heavy atom. The predicted octanol–water partition coefficient (Wildman–Crippen LogP) is 1.35. The van der Waals surface area contributed by atoms with Gasteiger partial charge in [0.2, 0.25) is 0 Å². The molecule has 0 amide bonds. The third-order valence-electron chi connectivity index (χ3n) is 2.12. The van der Waals surface area contributed by atoms with Gasteiger partial charge in [-0.1, -0.05) is 0 Å². The van der Waals surface area contributed by atoms with Gasteiger partial charge in [0.05, 0.1) is 23.4 Å². The number of nitrogens with zero attached hydrogens (tertiary/aromatic N) is 3. The minimum Gasteiger partial charge on any atom is -0.481 e. The highest BCUT2D eigenvalue weighted by molar-refractivity contribution is 5.66. The smallest absolute Gasteiger partial charge is 0.392 e. The van der Waals surface area contributed by atoms with Crippen molar-refractivity contribution in [1.29, 1.82) is 0 Å². The topological polar surface area (TPSA) is 98.3 Å². The Morgan fingerprint density at radius 3 is 2.81 bits per heavy atom. The molecule has 0 aliphatic carbocycles. The number of hydrogen-bond acceptors (Lipinski definition) is 4. The zero-order valence-corrected chi connectivity index (χ0v) is 8.92.